The fraction of sp³-hybridized carbons (Fsp3) is 0. The smallest absolute Gasteiger partial charge is 0.0919 e. The van der Waals surface area contributed by atoms with E-state index in [-0.39, 0.29) is 0 Å². The van der Waals surface area contributed by atoms with Gasteiger partial charge in [-0.05, 0) is 60.2 Å². The Hall–Kier alpha value is -3.60. The van der Waals surface area contributed by atoms with Gasteiger partial charge in [-0.3, -0.25) is 0 Å². The van der Waals surface area contributed by atoms with Gasteiger partial charge in [0, 0.05) is 22.1 Å². The third-order valence-electron chi connectivity index (χ3n) is 5.51. The summed E-state index contributed by atoms with van der Waals surface area (Å²) in [4.78, 5) is 16.4. The summed E-state index contributed by atoms with van der Waals surface area (Å²) in [5.74, 6) is 0. The number of benzene rings is 1. The fourth-order valence-electron chi connectivity index (χ4n) is 3.98. The maximum absolute atomic E-state index is 6.71. The molecule has 2 aliphatic rings. The largest absolute Gasteiger partial charge is 0.355 e. The molecule has 0 saturated heterocycles. The predicted molar refractivity (Wildman–Crippen MR) is 134 cm³/mol. The molecule has 2 aliphatic heterocycles. The van der Waals surface area contributed by atoms with E-state index in [9.17, 15) is 0 Å². The maximum Gasteiger partial charge on any atom is 0.0919 e. The van der Waals surface area contributed by atoms with Crippen LogP contribution in [0.2, 0.25) is 10.0 Å². The first kappa shape index (κ1) is 19.1. The van der Waals surface area contributed by atoms with Gasteiger partial charge in [0.15, 0.2) is 0 Å². The molecule has 3 aromatic heterocycles. The van der Waals surface area contributed by atoms with Gasteiger partial charge in [0.2, 0.25) is 0 Å². The van der Waals surface area contributed by atoms with Crippen LogP contribution in [0, 0.1) is 0 Å². The number of fused-ring (bicyclic) bond motifs is 8. The number of aromatic nitrogens is 4. The van der Waals surface area contributed by atoms with E-state index in [0.29, 0.717) is 27.1 Å². The molecule has 1 aromatic carbocycles. The third kappa shape index (κ3) is 3.25. The van der Waals surface area contributed by atoms with Gasteiger partial charge >= 0.3 is 0 Å². The molecule has 0 spiro atoms. The molecule has 2 N–H and O–H groups in total. The zero-order valence-corrected chi connectivity index (χ0v) is 18.2. The van der Waals surface area contributed by atoms with Crippen LogP contribution in [0.15, 0.2) is 60.7 Å². The minimum Gasteiger partial charge on any atom is -0.355 e. The molecule has 0 saturated carbocycles. The van der Waals surface area contributed by atoms with Gasteiger partial charge in [-0.2, -0.15) is 0 Å². The lowest BCUT2D eigenvalue weighted by Crippen LogP contribution is -1.86. The van der Waals surface area contributed by atoms with Crippen LogP contribution in [0.1, 0.15) is 22.8 Å². The van der Waals surface area contributed by atoms with Crippen LogP contribution < -0.4 is 0 Å². The quantitative estimate of drug-likeness (QED) is 0.268. The van der Waals surface area contributed by atoms with Crippen LogP contribution in [0.4, 0.5) is 0 Å². The Labute approximate surface area is 193 Å². The van der Waals surface area contributed by atoms with Crippen molar-refractivity contribution in [2.75, 3.05) is 0 Å². The number of H-pyrrole nitrogens is 2. The Bertz CT molecular complexity index is 1590. The monoisotopic (exact) mass is 454 g/mol. The second-order valence-electron chi connectivity index (χ2n) is 7.60. The van der Waals surface area contributed by atoms with Gasteiger partial charge in [-0.1, -0.05) is 53.5 Å². The SMILES string of the molecule is Clc1c2nc(c(Cl)c3ccc(cc4ccc([nH]4)c(-c4ccccc4)c4nc1C=C4)[nH]3)C=C2. The molecule has 4 nitrogen and oxygen atoms in total. The van der Waals surface area contributed by atoms with E-state index in [4.69, 9.17) is 28.2 Å². The number of rotatable bonds is 1. The fourth-order valence-corrected chi connectivity index (χ4v) is 4.41. The van der Waals surface area contributed by atoms with Crippen molar-refractivity contribution in [1.82, 2.24) is 19.9 Å². The van der Waals surface area contributed by atoms with E-state index in [1.54, 1.807) is 0 Å². The molecule has 32 heavy (non-hydrogen) atoms. The molecule has 0 amide bonds. The lowest BCUT2D eigenvalue weighted by Gasteiger charge is -2.03. The Morgan fingerprint density at radius 3 is 1.84 bits per heavy atom. The summed E-state index contributed by atoms with van der Waals surface area (Å²) in [7, 11) is 0. The number of nitrogens with zero attached hydrogens (tertiary/aromatic N) is 2. The lowest BCUT2D eigenvalue weighted by molar-refractivity contribution is 1.28. The first-order chi connectivity index (χ1) is 15.7. The van der Waals surface area contributed by atoms with Gasteiger partial charge < -0.3 is 9.97 Å². The number of hydrogen-bond donors (Lipinski definition) is 2. The highest BCUT2D eigenvalue weighted by atomic mass is 35.5. The van der Waals surface area contributed by atoms with Crippen molar-refractivity contribution < 1.29 is 0 Å². The van der Waals surface area contributed by atoms with Gasteiger partial charge in [0.1, 0.15) is 0 Å². The minimum atomic E-state index is 0.485. The standard InChI is InChI=1S/C26H16Cl2N4/c27-25-20-9-7-17(30-20)14-16-6-8-18(29-16)24(15-4-2-1-3-5-15)19-10-11-21(31-19)26(28)23-13-12-22(25)32-23/h1-14,29-30H. The van der Waals surface area contributed by atoms with E-state index in [2.05, 4.69) is 39.2 Å². The molecule has 6 heteroatoms. The van der Waals surface area contributed by atoms with E-state index in [1.165, 1.54) is 0 Å². The van der Waals surface area contributed by atoms with Crippen LogP contribution in [0.3, 0.4) is 0 Å². The Morgan fingerprint density at radius 2 is 1.12 bits per heavy atom. The summed E-state index contributed by atoms with van der Waals surface area (Å²) in [6.07, 6.45) is 7.64. The molecule has 0 aliphatic carbocycles. The Kier molecular flexibility index (Phi) is 4.49. The number of halogens is 2. The highest BCUT2D eigenvalue weighted by Crippen LogP contribution is 2.33. The number of aromatic amines is 2. The Balaban J connectivity index is 1.77. The van der Waals surface area contributed by atoms with Crippen LogP contribution in [-0.2, 0) is 0 Å². The van der Waals surface area contributed by atoms with E-state index in [1.807, 2.05) is 60.7 Å². The minimum absolute atomic E-state index is 0.485. The van der Waals surface area contributed by atoms with Gasteiger partial charge in [-0.25, -0.2) is 9.97 Å². The third-order valence-corrected chi connectivity index (χ3v) is 6.29. The van der Waals surface area contributed by atoms with Gasteiger partial charge in [-0.15, -0.1) is 0 Å². The summed E-state index contributed by atoms with van der Waals surface area (Å²) >= 11 is 13.3. The summed E-state index contributed by atoms with van der Waals surface area (Å²) in [6, 6.07) is 20.3. The van der Waals surface area contributed by atoms with Crippen LogP contribution in [0.5, 0.6) is 0 Å². The topological polar surface area (TPSA) is 57.4 Å². The average molecular weight is 455 g/mol. The molecule has 0 radical (unpaired) electrons. The number of nitrogens with one attached hydrogen (secondary N) is 2. The molecule has 4 aromatic rings. The zero-order chi connectivity index (χ0) is 21.7. The van der Waals surface area contributed by atoms with Crippen molar-refractivity contribution in [3.63, 3.8) is 0 Å². The molecule has 6 rings (SSSR count). The molecule has 5 heterocycles. The highest BCUT2D eigenvalue weighted by molar-refractivity contribution is 6.36. The van der Waals surface area contributed by atoms with Crippen molar-refractivity contribution >= 4 is 69.6 Å². The van der Waals surface area contributed by atoms with Crippen LogP contribution >= 0.6 is 23.2 Å². The molecule has 154 valence electrons. The predicted octanol–water partition coefficient (Wildman–Crippen LogP) is 7.63. The van der Waals surface area contributed by atoms with Crippen LogP contribution in [0.25, 0.3) is 57.5 Å². The first-order valence-corrected chi connectivity index (χ1v) is 10.9. The summed E-state index contributed by atoms with van der Waals surface area (Å²) < 4.78 is 0. The zero-order valence-electron chi connectivity index (χ0n) is 16.7. The van der Waals surface area contributed by atoms with Crippen molar-refractivity contribution in [3.05, 3.63) is 93.5 Å². The highest BCUT2D eigenvalue weighted by Gasteiger charge is 2.15. The van der Waals surface area contributed by atoms with E-state index >= 15 is 0 Å². The van der Waals surface area contributed by atoms with Crippen molar-refractivity contribution in [3.8, 4) is 11.1 Å². The molecule has 0 unspecified atom stereocenters. The molecule has 0 atom stereocenters. The first-order valence-electron chi connectivity index (χ1n) is 10.2. The number of hydrogen-bond acceptors (Lipinski definition) is 2. The molecule has 0 fully saturated rings. The molecule has 8 bridgehead atoms. The second-order valence-corrected chi connectivity index (χ2v) is 8.36. The van der Waals surface area contributed by atoms with Gasteiger partial charge in [0.25, 0.3) is 0 Å². The summed E-state index contributed by atoms with van der Waals surface area (Å²) in [5, 5.41) is 1.02. The van der Waals surface area contributed by atoms with Crippen molar-refractivity contribution in [1.29, 1.82) is 0 Å². The molecular weight excluding hydrogens is 439 g/mol. The summed E-state index contributed by atoms with van der Waals surface area (Å²) in [6.45, 7) is 0. The second kappa shape index (κ2) is 7.52. The van der Waals surface area contributed by atoms with E-state index < -0.39 is 0 Å². The maximum atomic E-state index is 6.71. The van der Waals surface area contributed by atoms with Gasteiger partial charge in [0.05, 0.1) is 38.3 Å². The van der Waals surface area contributed by atoms with Crippen molar-refractivity contribution in [2.24, 2.45) is 0 Å². The van der Waals surface area contributed by atoms with Crippen LogP contribution in [-0.4, -0.2) is 19.9 Å². The lowest BCUT2D eigenvalue weighted by atomic mass is 10.0. The van der Waals surface area contributed by atoms with E-state index in [0.717, 1.165) is 38.9 Å². The average Bonchev–Trinajstić information content (AvgIpc) is 3.61. The Morgan fingerprint density at radius 1 is 0.562 bits per heavy atom. The molecular formula is C26H16Cl2N4. The summed E-state index contributed by atoms with van der Waals surface area (Å²) in [5.41, 5.74) is 8.55. The van der Waals surface area contributed by atoms with Crippen molar-refractivity contribution in [2.45, 2.75) is 0 Å². The normalized spacial score (nSPS) is 12.4.